The molecule has 1 aliphatic carbocycles. The molecule has 3 heterocycles. The molecule has 2 aliphatic heterocycles. The number of ether oxygens (including phenoxy) is 1. The molecule has 44 heavy (non-hydrogen) atoms. The number of piperidine rings is 1. The summed E-state index contributed by atoms with van der Waals surface area (Å²) in [5, 5.41) is 0. The topological polar surface area (TPSA) is 105 Å². The van der Waals surface area contributed by atoms with Crippen molar-refractivity contribution < 1.29 is 17.9 Å². The van der Waals surface area contributed by atoms with Crippen molar-refractivity contribution in [3.05, 3.63) is 65.2 Å². The number of carbonyl (C=O) groups is 1. The highest BCUT2D eigenvalue weighted by Gasteiger charge is 2.50. The van der Waals surface area contributed by atoms with Crippen molar-refractivity contribution in [2.24, 2.45) is 11.3 Å². The summed E-state index contributed by atoms with van der Waals surface area (Å²) in [6, 6.07) is 13.9. The minimum atomic E-state index is -4.10. The van der Waals surface area contributed by atoms with Gasteiger partial charge < -0.3 is 14.5 Å². The number of likely N-dealkylation sites (tertiary alicyclic amines) is 1. The molecule has 3 aliphatic rings. The summed E-state index contributed by atoms with van der Waals surface area (Å²) in [7, 11) is -1.92. The van der Waals surface area contributed by atoms with E-state index in [1.165, 1.54) is 25.0 Å². The Morgan fingerprint density at radius 2 is 1.80 bits per heavy atom. The van der Waals surface area contributed by atoms with E-state index in [4.69, 9.17) is 4.74 Å². The van der Waals surface area contributed by atoms with Crippen LogP contribution in [-0.4, -0.2) is 72.9 Å². The number of anilines is 1. The third-order valence-corrected chi connectivity index (χ3v) is 10.8. The van der Waals surface area contributed by atoms with Crippen LogP contribution in [0.3, 0.4) is 0 Å². The molecular formula is C34H43N5O4S. The monoisotopic (exact) mass is 617 g/mol. The molecule has 1 spiro atoms. The Morgan fingerprint density at radius 1 is 1.07 bits per heavy atom. The lowest BCUT2D eigenvalue weighted by Crippen LogP contribution is -2.61. The maximum Gasteiger partial charge on any atom is 0.264 e. The zero-order valence-electron chi connectivity index (χ0n) is 26.3. The van der Waals surface area contributed by atoms with Gasteiger partial charge in [0.15, 0.2) is 0 Å². The number of rotatable bonds is 4. The number of fused-ring (bicyclic) bond motifs is 4. The van der Waals surface area contributed by atoms with Gasteiger partial charge in [-0.25, -0.2) is 18.1 Å². The van der Waals surface area contributed by atoms with Crippen molar-refractivity contribution in [3.8, 4) is 17.1 Å². The highest BCUT2D eigenvalue weighted by molar-refractivity contribution is 7.92. The first-order chi connectivity index (χ1) is 20.9. The first kappa shape index (κ1) is 30.5. The maximum absolute atomic E-state index is 14.4. The van der Waals surface area contributed by atoms with Gasteiger partial charge in [0.2, 0.25) is 11.8 Å². The van der Waals surface area contributed by atoms with Gasteiger partial charge in [-0.2, -0.15) is 4.98 Å². The molecule has 10 heteroatoms. The van der Waals surface area contributed by atoms with Gasteiger partial charge in [-0.15, -0.1) is 0 Å². The number of benzene rings is 2. The van der Waals surface area contributed by atoms with Crippen LogP contribution in [0.2, 0.25) is 0 Å². The van der Waals surface area contributed by atoms with E-state index >= 15 is 0 Å². The zero-order chi connectivity index (χ0) is 31.2. The molecule has 1 amide bonds. The molecule has 0 unspecified atom stereocenters. The first-order valence-electron chi connectivity index (χ1n) is 15.7. The van der Waals surface area contributed by atoms with E-state index in [0.717, 1.165) is 49.0 Å². The van der Waals surface area contributed by atoms with Gasteiger partial charge in [0.25, 0.3) is 15.9 Å². The van der Waals surface area contributed by atoms with E-state index in [1.807, 2.05) is 36.9 Å². The third kappa shape index (κ3) is 6.06. The second-order valence-corrected chi connectivity index (χ2v) is 15.2. The van der Waals surface area contributed by atoms with Gasteiger partial charge in [0, 0.05) is 29.8 Å². The second kappa shape index (κ2) is 11.8. The first-order valence-corrected chi connectivity index (χ1v) is 17.1. The van der Waals surface area contributed by atoms with Crippen molar-refractivity contribution in [2.45, 2.75) is 76.8 Å². The van der Waals surface area contributed by atoms with Gasteiger partial charge in [0.05, 0.1) is 16.6 Å². The van der Waals surface area contributed by atoms with E-state index in [-0.39, 0.29) is 46.7 Å². The Bertz CT molecular complexity index is 1650. The van der Waals surface area contributed by atoms with Crippen LogP contribution in [0.5, 0.6) is 5.88 Å². The average molecular weight is 618 g/mol. The van der Waals surface area contributed by atoms with Crippen LogP contribution >= 0.6 is 0 Å². The van der Waals surface area contributed by atoms with Crippen LogP contribution in [0.15, 0.2) is 53.4 Å². The normalized spacial score (nSPS) is 25.3. The maximum atomic E-state index is 14.4. The number of aromatic nitrogens is 2. The molecule has 3 aromatic rings. The molecule has 1 atom stereocenters. The Hall–Kier alpha value is -3.50. The number of amides is 1. The van der Waals surface area contributed by atoms with Crippen LogP contribution < -0.4 is 9.46 Å². The number of hydrogen-bond acceptors (Lipinski definition) is 7. The minimum absolute atomic E-state index is 0.00881. The van der Waals surface area contributed by atoms with Crippen molar-refractivity contribution >= 4 is 21.9 Å². The van der Waals surface area contributed by atoms with Crippen LogP contribution in [-0.2, 0) is 10.0 Å². The molecule has 234 valence electrons. The van der Waals surface area contributed by atoms with Gasteiger partial charge in [-0.05, 0) is 100 Å². The molecule has 4 bridgehead atoms. The van der Waals surface area contributed by atoms with E-state index in [1.54, 1.807) is 18.2 Å². The standard InChI is InChI=1S/C34H43N5O4S/c1-22(2)15-26-20-43-30-17-29(31-23(3)9-6-10-24(31)4)35-33(36-30)37-44(41,42)28-12-7-11-25(16-28)32(40)39(26)27-18-34(19-27)13-8-14-38(5)21-34/h6-7,9-12,16-17,22,26-27H,8,13-15,18-21H2,1-5H3,(H,35,36,37)/t26-,27-,34+/m1/s1. The molecule has 1 aromatic heterocycles. The van der Waals surface area contributed by atoms with Gasteiger partial charge in [0.1, 0.15) is 6.61 Å². The molecule has 2 fully saturated rings. The lowest BCUT2D eigenvalue weighted by atomic mass is 9.60. The summed E-state index contributed by atoms with van der Waals surface area (Å²) in [6.07, 6.45) is 4.96. The number of carbonyl (C=O) groups excluding carboxylic acids is 1. The highest BCUT2D eigenvalue weighted by atomic mass is 32.2. The van der Waals surface area contributed by atoms with E-state index in [0.29, 0.717) is 17.2 Å². The molecule has 1 saturated heterocycles. The summed E-state index contributed by atoms with van der Waals surface area (Å²) in [4.78, 5) is 27.9. The third-order valence-electron chi connectivity index (χ3n) is 9.43. The van der Waals surface area contributed by atoms with Gasteiger partial charge in [-0.1, -0.05) is 38.1 Å². The van der Waals surface area contributed by atoms with Crippen LogP contribution in [0.1, 0.15) is 67.4 Å². The van der Waals surface area contributed by atoms with Crippen molar-refractivity contribution in [1.29, 1.82) is 0 Å². The van der Waals surface area contributed by atoms with Crippen molar-refractivity contribution in [1.82, 2.24) is 19.8 Å². The van der Waals surface area contributed by atoms with Crippen molar-refractivity contribution in [2.75, 3.05) is 31.5 Å². The number of nitrogens with zero attached hydrogens (tertiary/aromatic N) is 4. The van der Waals surface area contributed by atoms with E-state index in [2.05, 4.69) is 40.5 Å². The van der Waals surface area contributed by atoms with Crippen LogP contribution in [0.25, 0.3) is 11.3 Å². The molecule has 9 nitrogen and oxygen atoms in total. The predicted octanol–water partition coefficient (Wildman–Crippen LogP) is 5.68. The number of hydrogen-bond donors (Lipinski definition) is 1. The smallest absolute Gasteiger partial charge is 0.264 e. The van der Waals surface area contributed by atoms with Crippen LogP contribution in [0, 0.1) is 25.2 Å². The largest absolute Gasteiger partial charge is 0.475 e. The highest BCUT2D eigenvalue weighted by Crippen LogP contribution is 2.50. The molecular weight excluding hydrogens is 574 g/mol. The fourth-order valence-corrected chi connectivity index (χ4v) is 8.55. The minimum Gasteiger partial charge on any atom is -0.475 e. The summed E-state index contributed by atoms with van der Waals surface area (Å²) in [5.74, 6) is 0.342. The summed E-state index contributed by atoms with van der Waals surface area (Å²) in [6.45, 7) is 10.7. The quantitative estimate of drug-likeness (QED) is 0.401. The summed E-state index contributed by atoms with van der Waals surface area (Å²) >= 11 is 0. The van der Waals surface area contributed by atoms with E-state index in [9.17, 15) is 13.2 Å². The Balaban J connectivity index is 1.44. The molecule has 2 aromatic carbocycles. The molecule has 0 radical (unpaired) electrons. The number of aryl methyl sites for hydroxylation is 2. The lowest BCUT2D eigenvalue weighted by molar-refractivity contribution is -0.0540. The average Bonchev–Trinajstić information content (AvgIpc) is 2.94. The Kier molecular flexibility index (Phi) is 8.17. The van der Waals surface area contributed by atoms with Gasteiger partial charge in [-0.3, -0.25) is 4.79 Å². The second-order valence-electron chi connectivity index (χ2n) is 13.5. The molecule has 6 rings (SSSR count). The Morgan fingerprint density at radius 3 is 2.50 bits per heavy atom. The summed E-state index contributed by atoms with van der Waals surface area (Å²) in [5.41, 5.74) is 4.07. The SMILES string of the molecule is Cc1cccc(C)c1-c1cc2nc(n1)NS(=O)(=O)c1cccc(c1)C(=O)N([C@H]1C[C@]3(CCCN(C)C3)C1)[C@H](CC(C)C)CO2. The van der Waals surface area contributed by atoms with Crippen LogP contribution in [0.4, 0.5) is 5.95 Å². The van der Waals surface area contributed by atoms with Crippen molar-refractivity contribution in [3.63, 3.8) is 0 Å². The lowest BCUT2D eigenvalue weighted by Gasteiger charge is -2.56. The Labute approximate surface area is 261 Å². The molecule has 1 N–H and O–H groups in total. The fourth-order valence-electron chi connectivity index (χ4n) is 7.56. The zero-order valence-corrected chi connectivity index (χ0v) is 27.2. The van der Waals surface area contributed by atoms with Gasteiger partial charge >= 0.3 is 0 Å². The molecule has 1 saturated carbocycles. The summed E-state index contributed by atoms with van der Waals surface area (Å²) < 4.78 is 36.2. The fraction of sp³-hybridized carbons (Fsp3) is 0.500. The van der Waals surface area contributed by atoms with E-state index < -0.39 is 10.0 Å². The number of nitrogens with one attached hydrogen (secondary N) is 1. The number of sulfonamides is 1. The predicted molar refractivity (Wildman–Crippen MR) is 171 cm³/mol.